The zero-order valence-electron chi connectivity index (χ0n) is 18.0. The molecular formula is C25H21ClN4O2S. The van der Waals surface area contributed by atoms with Gasteiger partial charge in [-0.15, -0.1) is 10.2 Å². The highest BCUT2D eigenvalue weighted by molar-refractivity contribution is 8.00. The van der Waals surface area contributed by atoms with Crippen LogP contribution in [0.3, 0.4) is 0 Å². The minimum Gasteiger partial charge on any atom is -0.325 e. The van der Waals surface area contributed by atoms with Crippen LogP contribution in [0, 0.1) is 0 Å². The standard InChI is InChI=1S/C25H21ClN4O2S/c1-16(31)18-11-8-12-19(15-18)27-24(32)22(17-9-4-3-5-10-17)33-25-29-28-23(30(25)2)20-13-6-7-14-21(20)26/h3-15,22H,1-2H3,(H,27,32). The third-order valence-electron chi connectivity index (χ3n) is 5.05. The zero-order valence-corrected chi connectivity index (χ0v) is 19.6. The number of halogens is 1. The number of ketones is 1. The molecule has 0 saturated carbocycles. The van der Waals surface area contributed by atoms with Gasteiger partial charge in [0.1, 0.15) is 5.25 Å². The molecule has 0 radical (unpaired) electrons. The number of rotatable bonds is 7. The van der Waals surface area contributed by atoms with Gasteiger partial charge < -0.3 is 9.88 Å². The van der Waals surface area contributed by atoms with Crippen molar-refractivity contribution in [3.8, 4) is 11.4 Å². The van der Waals surface area contributed by atoms with Crippen molar-refractivity contribution in [2.45, 2.75) is 17.3 Å². The van der Waals surface area contributed by atoms with Gasteiger partial charge in [0.15, 0.2) is 16.8 Å². The van der Waals surface area contributed by atoms with Crippen molar-refractivity contribution in [1.82, 2.24) is 14.8 Å². The Kier molecular flexibility index (Phi) is 6.91. The first-order valence-corrected chi connectivity index (χ1v) is 11.5. The highest BCUT2D eigenvalue weighted by atomic mass is 35.5. The van der Waals surface area contributed by atoms with E-state index in [1.54, 1.807) is 30.3 Å². The number of aromatic nitrogens is 3. The average Bonchev–Trinajstić information content (AvgIpc) is 3.18. The fraction of sp³-hybridized carbons (Fsp3) is 0.120. The highest BCUT2D eigenvalue weighted by Crippen LogP contribution is 2.37. The molecule has 33 heavy (non-hydrogen) atoms. The third kappa shape index (κ3) is 5.16. The largest absolute Gasteiger partial charge is 0.325 e. The average molecular weight is 477 g/mol. The number of benzene rings is 3. The van der Waals surface area contributed by atoms with Crippen LogP contribution < -0.4 is 5.32 Å². The summed E-state index contributed by atoms with van der Waals surface area (Å²) >= 11 is 7.64. The van der Waals surface area contributed by atoms with Crippen molar-refractivity contribution in [1.29, 1.82) is 0 Å². The number of nitrogens with one attached hydrogen (secondary N) is 1. The number of Topliss-reactive ketones (excluding diaryl/α,β-unsaturated/α-hetero) is 1. The fourth-order valence-corrected chi connectivity index (χ4v) is 4.55. The van der Waals surface area contributed by atoms with E-state index in [1.165, 1.54) is 18.7 Å². The van der Waals surface area contributed by atoms with Crippen LogP contribution >= 0.6 is 23.4 Å². The van der Waals surface area contributed by atoms with Crippen molar-refractivity contribution in [2.75, 3.05) is 5.32 Å². The predicted molar refractivity (Wildman–Crippen MR) is 132 cm³/mol. The molecule has 0 aliphatic carbocycles. The number of anilines is 1. The summed E-state index contributed by atoms with van der Waals surface area (Å²) in [5.41, 5.74) is 2.69. The lowest BCUT2D eigenvalue weighted by molar-refractivity contribution is -0.115. The van der Waals surface area contributed by atoms with E-state index >= 15 is 0 Å². The van der Waals surface area contributed by atoms with E-state index < -0.39 is 5.25 Å². The topological polar surface area (TPSA) is 76.9 Å². The molecule has 1 unspecified atom stereocenters. The molecule has 0 aliphatic rings. The molecule has 1 N–H and O–H groups in total. The number of carbonyl (C=O) groups is 2. The molecule has 0 spiro atoms. The van der Waals surface area contributed by atoms with Crippen molar-refractivity contribution >= 4 is 40.7 Å². The maximum atomic E-state index is 13.3. The quantitative estimate of drug-likeness (QED) is 0.269. The minimum atomic E-state index is -0.589. The zero-order chi connectivity index (χ0) is 23.4. The fourth-order valence-electron chi connectivity index (χ4n) is 3.32. The van der Waals surface area contributed by atoms with Gasteiger partial charge in [-0.1, -0.05) is 78.0 Å². The van der Waals surface area contributed by atoms with Crippen LogP contribution in [-0.4, -0.2) is 26.5 Å². The molecule has 166 valence electrons. The van der Waals surface area contributed by atoms with Gasteiger partial charge in [-0.3, -0.25) is 9.59 Å². The molecule has 0 fully saturated rings. The van der Waals surface area contributed by atoms with E-state index in [2.05, 4.69) is 15.5 Å². The lowest BCUT2D eigenvalue weighted by Crippen LogP contribution is -2.19. The molecule has 0 saturated heterocycles. The summed E-state index contributed by atoms with van der Waals surface area (Å²) in [5, 5.41) is 12.1. The second kappa shape index (κ2) is 10.0. The van der Waals surface area contributed by atoms with E-state index in [9.17, 15) is 9.59 Å². The number of amides is 1. The SMILES string of the molecule is CC(=O)c1cccc(NC(=O)C(Sc2nnc(-c3ccccc3Cl)n2C)c2ccccc2)c1. The highest BCUT2D eigenvalue weighted by Gasteiger charge is 2.26. The Bertz CT molecular complexity index is 1310. The van der Waals surface area contributed by atoms with Gasteiger partial charge in [0, 0.05) is 23.9 Å². The Morgan fingerprint density at radius 2 is 1.70 bits per heavy atom. The van der Waals surface area contributed by atoms with Crippen LogP contribution in [0.4, 0.5) is 5.69 Å². The molecule has 4 rings (SSSR count). The second-order valence-electron chi connectivity index (χ2n) is 7.38. The summed E-state index contributed by atoms with van der Waals surface area (Å²) in [7, 11) is 1.84. The second-order valence-corrected chi connectivity index (χ2v) is 8.86. The van der Waals surface area contributed by atoms with E-state index in [1.807, 2.05) is 60.1 Å². The Labute approximate surface area is 201 Å². The summed E-state index contributed by atoms with van der Waals surface area (Å²) in [6.45, 7) is 1.49. The molecule has 8 heteroatoms. The number of thioether (sulfide) groups is 1. The first-order chi connectivity index (χ1) is 15.9. The molecule has 4 aromatic rings. The molecular weight excluding hydrogens is 456 g/mol. The molecule has 0 aliphatic heterocycles. The van der Waals surface area contributed by atoms with E-state index in [0.717, 1.165) is 11.1 Å². The Morgan fingerprint density at radius 1 is 0.970 bits per heavy atom. The van der Waals surface area contributed by atoms with Gasteiger partial charge in [0.05, 0.1) is 5.02 Å². The van der Waals surface area contributed by atoms with E-state index in [-0.39, 0.29) is 11.7 Å². The maximum Gasteiger partial charge on any atom is 0.242 e. The van der Waals surface area contributed by atoms with Crippen molar-refractivity contribution in [3.63, 3.8) is 0 Å². The maximum absolute atomic E-state index is 13.3. The van der Waals surface area contributed by atoms with E-state index in [4.69, 9.17) is 11.6 Å². The first kappa shape index (κ1) is 22.8. The van der Waals surface area contributed by atoms with Crippen LogP contribution in [-0.2, 0) is 11.8 Å². The monoisotopic (exact) mass is 476 g/mol. The van der Waals surface area contributed by atoms with Crippen LogP contribution in [0.2, 0.25) is 5.02 Å². The van der Waals surface area contributed by atoms with Gasteiger partial charge in [-0.2, -0.15) is 0 Å². The smallest absolute Gasteiger partial charge is 0.242 e. The number of carbonyl (C=O) groups excluding carboxylic acids is 2. The normalized spacial score (nSPS) is 11.7. The van der Waals surface area contributed by atoms with Crippen molar-refractivity contribution < 1.29 is 9.59 Å². The van der Waals surface area contributed by atoms with Crippen LogP contribution in [0.5, 0.6) is 0 Å². The molecule has 1 amide bonds. The molecule has 3 aromatic carbocycles. The lowest BCUT2D eigenvalue weighted by Gasteiger charge is -2.17. The molecule has 1 heterocycles. The number of hydrogen-bond donors (Lipinski definition) is 1. The Morgan fingerprint density at radius 3 is 2.42 bits per heavy atom. The third-order valence-corrected chi connectivity index (χ3v) is 6.67. The van der Waals surface area contributed by atoms with Crippen LogP contribution in [0.1, 0.15) is 28.1 Å². The van der Waals surface area contributed by atoms with Gasteiger partial charge in [-0.25, -0.2) is 0 Å². The van der Waals surface area contributed by atoms with Gasteiger partial charge in [-0.05, 0) is 36.8 Å². The molecule has 1 aromatic heterocycles. The number of nitrogens with zero attached hydrogens (tertiary/aromatic N) is 3. The van der Waals surface area contributed by atoms with Gasteiger partial charge in [0.2, 0.25) is 5.91 Å². The molecule has 1 atom stereocenters. The summed E-state index contributed by atoms with van der Waals surface area (Å²) in [6.07, 6.45) is 0. The first-order valence-electron chi connectivity index (χ1n) is 10.2. The number of hydrogen-bond acceptors (Lipinski definition) is 5. The lowest BCUT2D eigenvalue weighted by atomic mass is 10.1. The minimum absolute atomic E-state index is 0.0636. The summed E-state index contributed by atoms with van der Waals surface area (Å²) in [4.78, 5) is 25.1. The van der Waals surface area contributed by atoms with Crippen LogP contribution in [0.15, 0.2) is 84.0 Å². The van der Waals surface area contributed by atoms with Crippen LogP contribution in [0.25, 0.3) is 11.4 Å². The van der Waals surface area contributed by atoms with Crippen molar-refractivity contribution in [2.24, 2.45) is 7.05 Å². The molecule has 6 nitrogen and oxygen atoms in total. The Balaban J connectivity index is 1.64. The summed E-state index contributed by atoms with van der Waals surface area (Å²) in [5.74, 6) is 0.324. The Hall–Kier alpha value is -3.42. The molecule has 0 bridgehead atoms. The van der Waals surface area contributed by atoms with Gasteiger partial charge in [0.25, 0.3) is 0 Å². The van der Waals surface area contributed by atoms with Crippen molar-refractivity contribution in [3.05, 3.63) is 95.0 Å². The van der Waals surface area contributed by atoms with E-state index in [0.29, 0.717) is 27.3 Å². The predicted octanol–water partition coefficient (Wildman–Crippen LogP) is 5.81. The van der Waals surface area contributed by atoms with Gasteiger partial charge >= 0.3 is 0 Å². The summed E-state index contributed by atoms with van der Waals surface area (Å²) < 4.78 is 1.82. The summed E-state index contributed by atoms with van der Waals surface area (Å²) in [6, 6.07) is 23.8.